The van der Waals surface area contributed by atoms with E-state index in [1.54, 1.807) is 0 Å². The van der Waals surface area contributed by atoms with Gasteiger partial charge in [-0.1, -0.05) is 72.5 Å². The van der Waals surface area contributed by atoms with Crippen LogP contribution in [-0.2, 0) is 4.43 Å². The fraction of sp³-hybridized carbons (Fsp3) is 0.900. The second-order valence-corrected chi connectivity index (χ2v) is 18.9. The molecule has 0 amide bonds. The smallest absolute Gasteiger partial charge is 0.191 e. The lowest BCUT2D eigenvalue weighted by molar-refractivity contribution is 0.277. The van der Waals surface area contributed by atoms with Gasteiger partial charge in [-0.3, -0.25) is 0 Å². The van der Waals surface area contributed by atoms with E-state index in [1.807, 2.05) is 0 Å². The topological polar surface area (TPSA) is 9.23 Å². The highest BCUT2D eigenvalue weighted by Gasteiger charge is 2.36. The molecule has 1 nitrogen and oxygen atoms in total. The molecule has 0 aliphatic heterocycles. The van der Waals surface area contributed by atoms with Crippen molar-refractivity contribution in [1.82, 2.24) is 0 Å². The molecule has 0 bridgehead atoms. The van der Waals surface area contributed by atoms with Crippen molar-refractivity contribution in [3.63, 3.8) is 0 Å². The summed E-state index contributed by atoms with van der Waals surface area (Å²) in [5.74, 6) is 3.37. The van der Waals surface area contributed by atoms with Crippen molar-refractivity contribution >= 4 is 16.4 Å². The van der Waals surface area contributed by atoms with Crippen LogP contribution in [0.5, 0.6) is 0 Å². The van der Waals surface area contributed by atoms with Gasteiger partial charge < -0.3 is 4.43 Å². The molecule has 23 heavy (non-hydrogen) atoms. The van der Waals surface area contributed by atoms with E-state index >= 15 is 0 Å². The highest BCUT2D eigenvalue weighted by atomic mass is 28.4. The molecule has 0 aliphatic carbocycles. The summed E-state index contributed by atoms with van der Waals surface area (Å²) in [6.07, 6.45) is 10.4. The normalized spacial score (nSPS) is 12.9. The number of rotatable bonds is 10. The third-order valence-corrected chi connectivity index (χ3v) is 10.1. The van der Waals surface area contributed by atoms with E-state index < -0.39 is 16.4 Å². The molecule has 0 heterocycles. The first kappa shape index (κ1) is 23.0. The minimum atomic E-state index is -1.52. The Morgan fingerprint density at radius 3 is 1.70 bits per heavy atom. The molecule has 0 aromatic rings. The van der Waals surface area contributed by atoms with Gasteiger partial charge in [-0.05, 0) is 31.0 Å². The van der Waals surface area contributed by atoms with E-state index in [0.717, 1.165) is 13.0 Å². The van der Waals surface area contributed by atoms with Crippen molar-refractivity contribution in [2.24, 2.45) is 0 Å². The molecule has 0 atom stereocenters. The second kappa shape index (κ2) is 10.7. The van der Waals surface area contributed by atoms with Crippen molar-refractivity contribution in [1.29, 1.82) is 0 Å². The molecule has 0 aromatic carbocycles. The first-order chi connectivity index (χ1) is 10.5. The van der Waals surface area contributed by atoms with Crippen LogP contribution in [0, 0.1) is 11.5 Å². The van der Waals surface area contributed by atoms with Gasteiger partial charge >= 0.3 is 0 Å². The summed E-state index contributed by atoms with van der Waals surface area (Å²) in [4.78, 5) is 0. The Kier molecular flexibility index (Phi) is 10.7. The molecule has 0 fully saturated rings. The fourth-order valence-electron chi connectivity index (χ4n) is 2.07. The summed E-state index contributed by atoms with van der Waals surface area (Å²) in [7, 11) is -2.67. The molecule has 0 unspecified atom stereocenters. The average molecular weight is 355 g/mol. The summed E-state index contributed by atoms with van der Waals surface area (Å²) < 4.78 is 6.22. The van der Waals surface area contributed by atoms with Crippen LogP contribution in [0.1, 0.15) is 72.1 Å². The molecular formula is C20H42OSi2. The third-order valence-electron chi connectivity index (χ3n) is 4.68. The van der Waals surface area contributed by atoms with Gasteiger partial charge in [-0.2, -0.15) is 0 Å². The summed E-state index contributed by atoms with van der Waals surface area (Å²) in [6, 6.07) is 0. The number of unbranched alkanes of at least 4 members (excludes halogenated alkanes) is 7. The zero-order chi connectivity index (χ0) is 18.0. The fourth-order valence-corrected chi connectivity index (χ4v) is 3.81. The van der Waals surface area contributed by atoms with Gasteiger partial charge in [-0.15, -0.1) is 11.5 Å². The van der Waals surface area contributed by atoms with E-state index in [-0.39, 0.29) is 0 Å². The molecule has 0 radical (unpaired) electrons. The van der Waals surface area contributed by atoms with Gasteiger partial charge in [0, 0.05) is 13.0 Å². The molecule has 0 saturated carbocycles. The van der Waals surface area contributed by atoms with Crippen LogP contribution in [0.25, 0.3) is 0 Å². The van der Waals surface area contributed by atoms with Gasteiger partial charge in [-0.25, -0.2) is 0 Å². The molecule has 3 heteroatoms. The Hall–Kier alpha value is -0.0462. The maximum atomic E-state index is 6.22. The first-order valence-electron chi connectivity index (χ1n) is 9.60. The van der Waals surface area contributed by atoms with Crippen molar-refractivity contribution < 1.29 is 4.43 Å². The molecule has 136 valence electrons. The Labute approximate surface area is 149 Å². The number of hydrogen-bond acceptors (Lipinski definition) is 1. The Morgan fingerprint density at radius 1 is 0.739 bits per heavy atom. The van der Waals surface area contributed by atoms with Gasteiger partial charge in [0.25, 0.3) is 0 Å². The van der Waals surface area contributed by atoms with E-state index in [0.29, 0.717) is 5.04 Å². The third kappa shape index (κ3) is 13.0. The summed E-state index contributed by atoms with van der Waals surface area (Å²) >= 11 is 0. The predicted octanol–water partition coefficient (Wildman–Crippen LogP) is 7.01. The number of hydrogen-bond donors (Lipinski definition) is 0. The molecule has 0 aliphatic rings. The van der Waals surface area contributed by atoms with Crippen molar-refractivity contribution in [2.75, 3.05) is 6.61 Å². The Balaban J connectivity index is 3.46. The van der Waals surface area contributed by atoms with Gasteiger partial charge in [0.15, 0.2) is 8.32 Å². The van der Waals surface area contributed by atoms with Gasteiger partial charge in [0.05, 0.1) is 0 Å². The van der Waals surface area contributed by atoms with Crippen LogP contribution in [0.15, 0.2) is 0 Å². The summed E-state index contributed by atoms with van der Waals surface area (Å²) in [5.41, 5.74) is 3.45. The van der Waals surface area contributed by atoms with Crippen molar-refractivity contribution in [2.45, 2.75) is 110 Å². The maximum Gasteiger partial charge on any atom is 0.191 e. The molecule has 0 rings (SSSR count). The largest absolute Gasteiger partial charge is 0.417 e. The minimum absolute atomic E-state index is 0.339. The molecule has 0 aromatic heterocycles. The maximum absolute atomic E-state index is 6.22. The van der Waals surface area contributed by atoms with Crippen LogP contribution in [-0.4, -0.2) is 23.0 Å². The van der Waals surface area contributed by atoms with Gasteiger partial charge in [0.2, 0.25) is 0 Å². The van der Waals surface area contributed by atoms with Crippen LogP contribution >= 0.6 is 0 Å². The predicted molar refractivity (Wildman–Crippen MR) is 111 cm³/mol. The highest BCUT2D eigenvalue weighted by Crippen LogP contribution is 2.36. The van der Waals surface area contributed by atoms with E-state index in [1.165, 1.54) is 44.9 Å². The summed E-state index contributed by atoms with van der Waals surface area (Å²) in [6.45, 7) is 19.5. The lowest BCUT2D eigenvalue weighted by atomic mass is 10.1. The van der Waals surface area contributed by atoms with Crippen molar-refractivity contribution in [3.8, 4) is 11.5 Å². The van der Waals surface area contributed by atoms with E-state index in [4.69, 9.17) is 4.43 Å². The lowest BCUT2D eigenvalue weighted by Gasteiger charge is -2.36. The molecule has 0 N–H and O–H groups in total. The zero-order valence-electron chi connectivity index (χ0n) is 17.3. The van der Waals surface area contributed by atoms with Gasteiger partial charge in [0.1, 0.15) is 8.07 Å². The molecule has 0 spiro atoms. The second-order valence-electron chi connectivity index (χ2n) is 9.39. The zero-order valence-corrected chi connectivity index (χ0v) is 19.3. The summed E-state index contributed by atoms with van der Waals surface area (Å²) in [5, 5.41) is 0.339. The Bertz CT molecular complexity index is 364. The highest BCUT2D eigenvalue weighted by molar-refractivity contribution is 6.83. The SMILES string of the molecule is CC(C)(C)[Si](C)(C)OCCCCCCCCCC#C[Si](C)(C)C. The molecule has 0 saturated heterocycles. The quantitative estimate of drug-likeness (QED) is 0.233. The first-order valence-corrected chi connectivity index (χ1v) is 16.0. The van der Waals surface area contributed by atoms with Crippen molar-refractivity contribution in [3.05, 3.63) is 0 Å². The van der Waals surface area contributed by atoms with Crippen LogP contribution < -0.4 is 0 Å². The van der Waals surface area contributed by atoms with Crippen LogP contribution in [0.4, 0.5) is 0 Å². The van der Waals surface area contributed by atoms with Crippen LogP contribution in [0.2, 0.25) is 37.8 Å². The molecular weight excluding hydrogens is 312 g/mol. The average Bonchev–Trinajstić information content (AvgIpc) is 2.37. The lowest BCUT2D eigenvalue weighted by Crippen LogP contribution is -2.40. The van der Waals surface area contributed by atoms with E-state index in [2.05, 4.69) is 65.0 Å². The standard InChI is InChI=1S/C20H42OSi2/c1-20(2,3)23(7,8)21-18-16-14-12-10-9-11-13-15-17-19-22(4,5)6/h9-16,18H2,1-8H3. The van der Waals surface area contributed by atoms with Crippen LogP contribution in [0.3, 0.4) is 0 Å². The monoisotopic (exact) mass is 354 g/mol. The van der Waals surface area contributed by atoms with E-state index in [9.17, 15) is 0 Å². The Morgan fingerprint density at radius 2 is 1.22 bits per heavy atom. The minimum Gasteiger partial charge on any atom is -0.417 e.